The Morgan fingerprint density at radius 1 is 1.39 bits per heavy atom. The van der Waals surface area contributed by atoms with Gasteiger partial charge in [0.25, 0.3) is 10.0 Å². The Bertz CT molecular complexity index is 681. The lowest BCUT2D eigenvalue weighted by atomic mass is 10.3. The van der Waals surface area contributed by atoms with Gasteiger partial charge < -0.3 is 10.3 Å². The first-order chi connectivity index (χ1) is 8.38. The number of anilines is 2. The summed E-state index contributed by atoms with van der Waals surface area (Å²) in [6.07, 6.45) is 0. The normalized spacial score (nSPS) is 11.4. The molecule has 6 nitrogen and oxygen atoms in total. The number of aryl methyl sites for hydroxylation is 1. The molecular formula is C10H10ClN3O3S. The molecule has 0 saturated carbocycles. The monoisotopic (exact) mass is 287 g/mol. The van der Waals surface area contributed by atoms with Crippen LogP contribution in [0, 0.1) is 6.92 Å². The highest BCUT2D eigenvalue weighted by Crippen LogP contribution is 2.24. The van der Waals surface area contributed by atoms with Gasteiger partial charge in [-0.25, -0.2) is 13.1 Å². The molecule has 0 aliphatic heterocycles. The average Bonchev–Trinajstić information content (AvgIpc) is 2.67. The van der Waals surface area contributed by atoms with Crippen molar-refractivity contribution in [2.45, 2.75) is 11.8 Å². The lowest BCUT2D eigenvalue weighted by molar-refractivity contribution is 0.430. The van der Waals surface area contributed by atoms with Crippen LogP contribution in [0.15, 0.2) is 33.7 Å². The van der Waals surface area contributed by atoms with E-state index in [2.05, 4.69) is 9.88 Å². The highest BCUT2D eigenvalue weighted by molar-refractivity contribution is 7.92. The summed E-state index contributed by atoms with van der Waals surface area (Å²) in [5.74, 6) is 0.0421. The Kier molecular flexibility index (Phi) is 3.18. The molecular weight excluding hydrogens is 278 g/mol. The number of hydrogen-bond donors (Lipinski definition) is 2. The first kappa shape index (κ1) is 12.7. The zero-order valence-corrected chi connectivity index (χ0v) is 10.9. The highest BCUT2D eigenvalue weighted by atomic mass is 35.5. The van der Waals surface area contributed by atoms with Crippen molar-refractivity contribution in [1.82, 2.24) is 5.16 Å². The number of hydrogen-bond acceptors (Lipinski definition) is 5. The quantitative estimate of drug-likeness (QED) is 0.842. The maximum absolute atomic E-state index is 12.0. The summed E-state index contributed by atoms with van der Waals surface area (Å²) in [4.78, 5) is -0.00393. The summed E-state index contributed by atoms with van der Waals surface area (Å²) in [6.45, 7) is 1.68. The van der Waals surface area contributed by atoms with Crippen molar-refractivity contribution in [2.24, 2.45) is 0 Å². The highest BCUT2D eigenvalue weighted by Gasteiger charge is 2.17. The number of benzene rings is 1. The fraction of sp³-hybridized carbons (Fsp3) is 0.100. The van der Waals surface area contributed by atoms with E-state index >= 15 is 0 Å². The number of sulfonamides is 1. The van der Waals surface area contributed by atoms with E-state index in [1.807, 2.05) is 0 Å². The predicted molar refractivity (Wildman–Crippen MR) is 67.9 cm³/mol. The number of rotatable bonds is 3. The van der Waals surface area contributed by atoms with Gasteiger partial charge in [-0.3, -0.25) is 0 Å². The van der Waals surface area contributed by atoms with Crippen LogP contribution >= 0.6 is 11.6 Å². The molecule has 1 aromatic heterocycles. The number of nitrogens with one attached hydrogen (secondary N) is 1. The van der Waals surface area contributed by atoms with Gasteiger partial charge in [0.2, 0.25) is 5.88 Å². The molecule has 1 heterocycles. The molecule has 0 atom stereocenters. The maximum Gasteiger partial charge on any atom is 0.264 e. The van der Waals surface area contributed by atoms with Gasteiger partial charge in [0.05, 0.1) is 21.3 Å². The first-order valence-corrected chi connectivity index (χ1v) is 6.76. The van der Waals surface area contributed by atoms with Crippen molar-refractivity contribution in [3.63, 3.8) is 0 Å². The summed E-state index contributed by atoms with van der Waals surface area (Å²) in [6, 6.07) is 5.51. The van der Waals surface area contributed by atoms with E-state index in [1.165, 1.54) is 24.3 Å². The molecule has 0 aliphatic carbocycles. The van der Waals surface area contributed by atoms with Crippen molar-refractivity contribution in [3.05, 3.63) is 35.0 Å². The molecule has 96 valence electrons. The van der Waals surface area contributed by atoms with E-state index in [-0.39, 0.29) is 15.8 Å². The smallest absolute Gasteiger partial charge is 0.264 e. The molecule has 2 aromatic rings. The Morgan fingerprint density at radius 3 is 2.67 bits per heavy atom. The van der Waals surface area contributed by atoms with Crippen LogP contribution in [-0.2, 0) is 10.0 Å². The number of halogens is 1. The number of nitrogen functional groups attached to an aromatic ring is 1. The predicted octanol–water partition coefficient (Wildman–Crippen LogP) is 2.02. The molecule has 1 aromatic carbocycles. The number of aromatic nitrogens is 1. The van der Waals surface area contributed by atoms with E-state index in [4.69, 9.17) is 21.9 Å². The van der Waals surface area contributed by atoms with Gasteiger partial charge in [0.15, 0.2) is 0 Å². The molecule has 0 spiro atoms. The van der Waals surface area contributed by atoms with Gasteiger partial charge in [-0.1, -0.05) is 16.8 Å². The zero-order chi connectivity index (χ0) is 13.3. The average molecular weight is 288 g/mol. The molecule has 18 heavy (non-hydrogen) atoms. The molecule has 0 radical (unpaired) electrons. The second kappa shape index (κ2) is 4.51. The van der Waals surface area contributed by atoms with Gasteiger partial charge in [-0.15, -0.1) is 0 Å². The summed E-state index contributed by atoms with van der Waals surface area (Å²) in [5.41, 5.74) is 6.40. The second-order valence-corrected chi connectivity index (χ2v) is 5.71. The van der Waals surface area contributed by atoms with Gasteiger partial charge >= 0.3 is 0 Å². The fourth-order valence-electron chi connectivity index (χ4n) is 1.28. The molecule has 0 fully saturated rings. The summed E-state index contributed by atoms with van der Waals surface area (Å²) in [5, 5.41) is 3.75. The van der Waals surface area contributed by atoms with Gasteiger partial charge in [-0.2, -0.15) is 0 Å². The Morgan fingerprint density at radius 2 is 2.11 bits per heavy atom. The Labute approximate surface area is 109 Å². The van der Waals surface area contributed by atoms with Crippen LogP contribution in [0.3, 0.4) is 0 Å². The minimum atomic E-state index is -3.76. The third-order valence-electron chi connectivity index (χ3n) is 2.15. The van der Waals surface area contributed by atoms with Crippen molar-refractivity contribution in [1.29, 1.82) is 0 Å². The van der Waals surface area contributed by atoms with E-state index in [1.54, 1.807) is 6.92 Å². The van der Waals surface area contributed by atoms with Crippen LogP contribution in [0.2, 0.25) is 5.02 Å². The van der Waals surface area contributed by atoms with Gasteiger partial charge in [0, 0.05) is 6.07 Å². The molecule has 0 bridgehead atoms. The van der Waals surface area contributed by atoms with Crippen molar-refractivity contribution in [3.8, 4) is 0 Å². The zero-order valence-electron chi connectivity index (χ0n) is 9.34. The summed E-state index contributed by atoms with van der Waals surface area (Å²) >= 11 is 5.77. The third kappa shape index (κ3) is 2.57. The standard InChI is InChI=1S/C10H10ClN3O3S/c1-6-4-10(17-13-6)14-18(15,16)7-2-3-9(12)8(11)5-7/h2-5,14H,12H2,1H3. The van der Waals surface area contributed by atoms with E-state index < -0.39 is 10.0 Å². The van der Waals surface area contributed by atoms with E-state index in [0.717, 1.165) is 0 Å². The fourth-order valence-corrected chi connectivity index (χ4v) is 2.52. The SMILES string of the molecule is Cc1cc(NS(=O)(=O)c2ccc(N)c(Cl)c2)on1. The minimum Gasteiger partial charge on any atom is -0.398 e. The molecule has 0 aliphatic rings. The van der Waals surface area contributed by atoms with E-state index in [0.29, 0.717) is 11.4 Å². The number of nitrogens with zero attached hydrogens (tertiary/aromatic N) is 1. The largest absolute Gasteiger partial charge is 0.398 e. The van der Waals surface area contributed by atoms with Crippen LogP contribution in [-0.4, -0.2) is 13.6 Å². The third-order valence-corrected chi connectivity index (χ3v) is 3.82. The van der Waals surface area contributed by atoms with Crippen LogP contribution in [0.25, 0.3) is 0 Å². The van der Waals surface area contributed by atoms with Crippen LogP contribution in [0.1, 0.15) is 5.69 Å². The van der Waals surface area contributed by atoms with Gasteiger partial charge in [-0.05, 0) is 25.1 Å². The lowest BCUT2D eigenvalue weighted by Gasteiger charge is -2.06. The van der Waals surface area contributed by atoms with Crippen molar-refractivity contribution in [2.75, 3.05) is 10.5 Å². The molecule has 8 heteroatoms. The topological polar surface area (TPSA) is 98.2 Å². The lowest BCUT2D eigenvalue weighted by Crippen LogP contribution is -2.12. The van der Waals surface area contributed by atoms with Crippen LogP contribution in [0.4, 0.5) is 11.6 Å². The maximum atomic E-state index is 12.0. The van der Waals surface area contributed by atoms with Gasteiger partial charge in [0.1, 0.15) is 0 Å². The molecule has 0 unspecified atom stereocenters. The molecule has 0 saturated heterocycles. The Balaban J connectivity index is 2.33. The second-order valence-electron chi connectivity index (χ2n) is 3.62. The Hall–Kier alpha value is -1.73. The minimum absolute atomic E-state index is 0.00393. The molecule has 0 amide bonds. The van der Waals surface area contributed by atoms with Crippen LogP contribution < -0.4 is 10.5 Å². The van der Waals surface area contributed by atoms with Crippen molar-refractivity contribution < 1.29 is 12.9 Å². The van der Waals surface area contributed by atoms with Crippen molar-refractivity contribution >= 4 is 33.2 Å². The summed E-state index contributed by atoms with van der Waals surface area (Å²) < 4.78 is 31.0. The van der Waals surface area contributed by atoms with E-state index in [9.17, 15) is 8.42 Å². The van der Waals surface area contributed by atoms with Crippen LogP contribution in [0.5, 0.6) is 0 Å². The first-order valence-electron chi connectivity index (χ1n) is 4.89. The summed E-state index contributed by atoms with van der Waals surface area (Å²) in [7, 11) is -3.76. The number of nitrogens with two attached hydrogens (primary N) is 1. The molecule has 2 rings (SSSR count). The molecule has 3 N–H and O–H groups in total.